The predicted molar refractivity (Wildman–Crippen MR) is 99.0 cm³/mol. The first-order chi connectivity index (χ1) is 11.2. The Labute approximate surface area is 149 Å². The minimum atomic E-state index is -0.171. The van der Waals surface area contributed by atoms with Gasteiger partial charge in [-0.1, -0.05) is 0 Å². The van der Waals surface area contributed by atoms with Crippen LogP contribution in [0.25, 0.3) is 10.9 Å². The number of pyridine rings is 1. The quantitative estimate of drug-likeness (QED) is 0.825. The summed E-state index contributed by atoms with van der Waals surface area (Å²) in [6, 6.07) is 7.44. The lowest BCUT2D eigenvalue weighted by Crippen LogP contribution is -2.27. The minimum Gasteiger partial charge on any atom is -0.327 e. The third-order valence-corrected chi connectivity index (χ3v) is 5.86. The Morgan fingerprint density at radius 3 is 2.54 bits per heavy atom. The van der Waals surface area contributed by atoms with Gasteiger partial charge in [0.15, 0.2) is 0 Å². The van der Waals surface area contributed by atoms with Crippen molar-refractivity contribution in [3.8, 4) is 0 Å². The number of halogens is 2. The summed E-state index contributed by atoms with van der Waals surface area (Å²) in [5.74, 6) is 1.96. The summed E-state index contributed by atoms with van der Waals surface area (Å²) in [5, 5.41) is 0.991. The number of rotatable bonds is 4. The van der Waals surface area contributed by atoms with Gasteiger partial charge in [-0.05, 0) is 92.5 Å². The molecule has 4 heteroatoms. The second-order valence-corrected chi connectivity index (χ2v) is 7.52. The molecule has 0 amide bonds. The number of fused-ring (bicyclic) bond motifs is 1. The Morgan fingerprint density at radius 1 is 1.08 bits per heavy atom. The zero-order valence-electron chi connectivity index (χ0n) is 14.0. The van der Waals surface area contributed by atoms with Gasteiger partial charge in [0.25, 0.3) is 0 Å². The smallest absolute Gasteiger partial charge is 0.123 e. The van der Waals surface area contributed by atoms with Crippen LogP contribution in [-0.4, -0.2) is 11.0 Å². The number of hydrogen-bond acceptors (Lipinski definition) is 2. The van der Waals surface area contributed by atoms with Gasteiger partial charge in [-0.15, -0.1) is 12.4 Å². The van der Waals surface area contributed by atoms with Gasteiger partial charge in [-0.3, -0.25) is 4.98 Å². The van der Waals surface area contributed by atoms with Gasteiger partial charge in [-0.2, -0.15) is 0 Å². The van der Waals surface area contributed by atoms with Gasteiger partial charge in [0.05, 0.1) is 5.52 Å². The van der Waals surface area contributed by atoms with E-state index in [2.05, 4.69) is 11.1 Å². The van der Waals surface area contributed by atoms with Crippen LogP contribution in [-0.2, 0) is 0 Å². The molecule has 2 fully saturated rings. The average molecular weight is 349 g/mol. The van der Waals surface area contributed by atoms with Gasteiger partial charge in [0, 0.05) is 17.6 Å². The van der Waals surface area contributed by atoms with Crippen molar-refractivity contribution in [3.63, 3.8) is 0 Å². The zero-order chi connectivity index (χ0) is 15.8. The second kappa shape index (κ2) is 7.37. The van der Waals surface area contributed by atoms with Gasteiger partial charge in [0.2, 0.25) is 0 Å². The van der Waals surface area contributed by atoms with Crippen molar-refractivity contribution in [1.82, 2.24) is 4.98 Å². The number of hydrogen-bond donors (Lipinski definition) is 1. The van der Waals surface area contributed by atoms with Crippen molar-refractivity contribution in [2.75, 3.05) is 0 Å². The molecule has 0 saturated heterocycles. The Morgan fingerprint density at radius 2 is 1.83 bits per heavy atom. The summed E-state index contributed by atoms with van der Waals surface area (Å²) in [4.78, 5) is 4.38. The van der Waals surface area contributed by atoms with E-state index in [1.54, 1.807) is 12.1 Å². The van der Waals surface area contributed by atoms with Crippen LogP contribution in [0.1, 0.15) is 56.4 Å². The summed E-state index contributed by atoms with van der Waals surface area (Å²) in [6.45, 7) is 0. The van der Waals surface area contributed by atoms with Crippen LogP contribution < -0.4 is 5.73 Å². The summed E-state index contributed by atoms with van der Waals surface area (Å²) in [6.07, 6.45) is 10.6. The molecule has 2 N–H and O–H groups in total. The maximum absolute atomic E-state index is 13.6. The monoisotopic (exact) mass is 348 g/mol. The summed E-state index contributed by atoms with van der Waals surface area (Å²) < 4.78 is 13.6. The fourth-order valence-electron chi connectivity index (χ4n) is 4.31. The molecule has 0 bridgehead atoms. The highest BCUT2D eigenvalue weighted by atomic mass is 35.5. The maximum atomic E-state index is 13.6. The molecule has 0 aliphatic heterocycles. The van der Waals surface area contributed by atoms with E-state index in [0.29, 0.717) is 12.0 Å². The van der Waals surface area contributed by atoms with Gasteiger partial charge in [0.1, 0.15) is 5.82 Å². The molecule has 1 atom stereocenters. The van der Waals surface area contributed by atoms with Crippen LogP contribution in [0.2, 0.25) is 0 Å². The van der Waals surface area contributed by atoms with E-state index in [1.165, 1.54) is 56.6 Å². The molecule has 0 spiro atoms. The first-order valence-electron chi connectivity index (χ1n) is 9.00. The molecule has 2 saturated carbocycles. The van der Waals surface area contributed by atoms with E-state index in [1.807, 2.05) is 6.20 Å². The van der Waals surface area contributed by atoms with Crippen LogP contribution in [0.4, 0.5) is 4.39 Å². The molecule has 130 valence electrons. The van der Waals surface area contributed by atoms with Crippen molar-refractivity contribution in [2.45, 2.75) is 56.9 Å². The predicted octanol–water partition coefficient (Wildman–Crippen LogP) is 5.20. The first kappa shape index (κ1) is 17.6. The summed E-state index contributed by atoms with van der Waals surface area (Å²) in [7, 11) is 0. The highest BCUT2D eigenvalue weighted by Crippen LogP contribution is 2.41. The van der Waals surface area contributed by atoms with Crippen LogP contribution in [0, 0.1) is 17.7 Å². The SMILES string of the molecule is Cl.NC(C[C@H]1CC[C@@H](c2ccnc3ccc(F)cc32)CC1)C1CC1. The standard InChI is InChI=1S/C20H25FN2.ClH/c21-16-7-8-20-18(12-16)17(9-10-23-20)14-3-1-13(2-4-14)11-19(22)15-5-6-15;/h7-10,12-15,19H,1-6,11,22H2;1H/t13-,14+,19?;. The fourth-order valence-corrected chi connectivity index (χ4v) is 4.31. The molecule has 0 radical (unpaired) electrons. The molecular formula is C20H26ClFN2. The van der Waals surface area contributed by atoms with Crippen molar-refractivity contribution in [3.05, 3.63) is 41.8 Å². The summed E-state index contributed by atoms with van der Waals surface area (Å²) >= 11 is 0. The third-order valence-electron chi connectivity index (χ3n) is 5.86. The molecule has 2 aliphatic rings. The van der Waals surface area contributed by atoms with Crippen molar-refractivity contribution < 1.29 is 4.39 Å². The summed E-state index contributed by atoms with van der Waals surface area (Å²) in [5.41, 5.74) is 8.48. The average Bonchev–Trinajstić information content (AvgIpc) is 3.40. The normalized spacial score (nSPS) is 25.2. The lowest BCUT2D eigenvalue weighted by Gasteiger charge is -2.31. The van der Waals surface area contributed by atoms with Crippen LogP contribution in [0.5, 0.6) is 0 Å². The number of aromatic nitrogens is 1. The molecule has 2 aliphatic carbocycles. The number of nitrogens with zero attached hydrogens (tertiary/aromatic N) is 1. The van der Waals surface area contributed by atoms with Crippen molar-refractivity contribution in [1.29, 1.82) is 0 Å². The fraction of sp³-hybridized carbons (Fsp3) is 0.550. The molecule has 2 aromatic rings. The van der Waals surface area contributed by atoms with E-state index >= 15 is 0 Å². The Kier molecular flexibility index (Phi) is 5.41. The molecule has 1 heterocycles. The Bertz CT molecular complexity index is 693. The van der Waals surface area contributed by atoms with E-state index in [-0.39, 0.29) is 18.2 Å². The van der Waals surface area contributed by atoms with Gasteiger partial charge in [-0.25, -0.2) is 4.39 Å². The highest BCUT2D eigenvalue weighted by molar-refractivity contribution is 5.85. The van der Waals surface area contributed by atoms with E-state index in [4.69, 9.17) is 5.73 Å². The maximum Gasteiger partial charge on any atom is 0.123 e. The third kappa shape index (κ3) is 3.73. The minimum absolute atomic E-state index is 0. The molecule has 2 nitrogen and oxygen atoms in total. The molecule has 1 aromatic heterocycles. The van der Waals surface area contributed by atoms with Crippen molar-refractivity contribution >= 4 is 23.3 Å². The molecule has 1 unspecified atom stereocenters. The van der Waals surface area contributed by atoms with E-state index in [0.717, 1.165) is 22.7 Å². The topological polar surface area (TPSA) is 38.9 Å². The lowest BCUT2D eigenvalue weighted by molar-refractivity contribution is 0.286. The molecule has 24 heavy (non-hydrogen) atoms. The van der Waals surface area contributed by atoms with Crippen molar-refractivity contribution in [2.24, 2.45) is 17.6 Å². The Hall–Kier alpha value is -1.19. The zero-order valence-corrected chi connectivity index (χ0v) is 14.8. The van der Waals surface area contributed by atoms with Crippen LogP contribution in [0.3, 0.4) is 0 Å². The van der Waals surface area contributed by atoms with Gasteiger partial charge < -0.3 is 5.73 Å². The van der Waals surface area contributed by atoms with Crippen LogP contribution in [0.15, 0.2) is 30.5 Å². The van der Waals surface area contributed by atoms with Gasteiger partial charge >= 0.3 is 0 Å². The second-order valence-electron chi connectivity index (χ2n) is 7.52. The molecule has 4 rings (SSSR count). The largest absolute Gasteiger partial charge is 0.327 e. The first-order valence-corrected chi connectivity index (χ1v) is 9.00. The number of nitrogens with two attached hydrogens (primary N) is 1. The highest BCUT2D eigenvalue weighted by Gasteiger charge is 2.32. The lowest BCUT2D eigenvalue weighted by atomic mass is 9.75. The molecular weight excluding hydrogens is 323 g/mol. The number of benzene rings is 1. The van der Waals surface area contributed by atoms with E-state index in [9.17, 15) is 4.39 Å². The van der Waals surface area contributed by atoms with Crippen LogP contribution >= 0.6 is 12.4 Å². The molecule has 1 aromatic carbocycles. The van der Waals surface area contributed by atoms with E-state index < -0.39 is 0 Å². The Balaban J connectivity index is 0.00000169.